The van der Waals surface area contributed by atoms with Gasteiger partial charge in [0, 0.05) is 36.8 Å². The summed E-state index contributed by atoms with van der Waals surface area (Å²) in [4.78, 5) is 23.2. The van der Waals surface area contributed by atoms with Crippen LogP contribution in [-0.4, -0.2) is 24.3 Å². The zero-order valence-electron chi connectivity index (χ0n) is 10.3. The fourth-order valence-electron chi connectivity index (χ4n) is 2.33. The van der Waals surface area contributed by atoms with Crippen molar-refractivity contribution in [2.75, 3.05) is 18.0 Å². The average Bonchev–Trinajstić information content (AvgIpc) is 2.39. The highest BCUT2D eigenvalue weighted by Crippen LogP contribution is 2.28. The van der Waals surface area contributed by atoms with Gasteiger partial charge in [0.1, 0.15) is 6.29 Å². The van der Waals surface area contributed by atoms with E-state index in [0.717, 1.165) is 43.5 Å². The van der Waals surface area contributed by atoms with Gasteiger partial charge in [0.05, 0.1) is 4.92 Å². The van der Waals surface area contributed by atoms with Crippen molar-refractivity contribution in [3.8, 4) is 0 Å². The highest BCUT2D eigenvalue weighted by Gasteiger charge is 2.21. The van der Waals surface area contributed by atoms with Gasteiger partial charge in [0.15, 0.2) is 0 Å². The Hall–Kier alpha value is -1.91. The van der Waals surface area contributed by atoms with Crippen LogP contribution in [-0.2, 0) is 4.79 Å². The Morgan fingerprint density at radius 2 is 2.06 bits per heavy atom. The molecule has 0 aliphatic carbocycles. The SMILES string of the molecule is Cc1ccc([N+](=O)[O-])cc1N1CCC(C=O)CC1. The van der Waals surface area contributed by atoms with Crippen molar-refractivity contribution in [3.05, 3.63) is 33.9 Å². The molecule has 0 amide bonds. The normalized spacial score (nSPS) is 16.6. The minimum atomic E-state index is -0.374. The molecule has 0 atom stereocenters. The lowest BCUT2D eigenvalue weighted by Crippen LogP contribution is -2.34. The molecule has 5 heteroatoms. The maximum absolute atomic E-state index is 10.8. The van der Waals surface area contributed by atoms with Crippen LogP contribution in [0.25, 0.3) is 0 Å². The Morgan fingerprint density at radius 1 is 1.39 bits per heavy atom. The molecule has 1 aliphatic heterocycles. The second-order valence-electron chi connectivity index (χ2n) is 4.69. The van der Waals surface area contributed by atoms with E-state index in [2.05, 4.69) is 4.90 Å². The highest BCUT2D eigenvalue weighted by atomic mass is 16.6. The van der Waals surface area contributed by atoms with E-state index >= 15 is 0 Å². The molecule has 1 aromatic carbocycles. The van der Waals surface area contributed by atoms with Gasteiger partial charge in [-0.3, -0.25) is 10.1 Å². The number of anilines is 1. The molecule has 1 aliphatic rings. The van der Waals surface area contributed by atoms with Crippen LogP contribution in [0.3, 0.4) is 0 Å². The number of non-ortho nitro benzene ring substituents is 1. The van der Waals surface area contributed by atoms with Crippen LogP contribution in [0, 0.1) is 23.0 Å². The molecule has 0 unspecified atom stereocenters. The molecule has 1 aromatic rings. The fourth-order valence-corrected chi connectivity index (χ4v) is 2.33. The Labute approximate surface area is 106 Å². The molecule has 0 bridgehead atoms. The minimum absolute atomic E-state index is 0.119. The third kappa shape index (κ3) is 2.50. The van der Waals surface area contributed by atoms with Gasteiger partial charge < -0.3 is 9.69 Å². The molecule has 0 aromatic heterocycles. The number of aryl methyl sites for hydroxylation is 1. The van der Waals surface area contributed by atoms with Crippen LogP contribution in [0.5, 0.6) is 0 Å². The zero-order chi connectivity index (χ0) is 13.1. The highest BCUT2D eigenvalue weighted by molar-refractivity contribution is 5.60. The first-order valence-corrected chi connectivity index (χ1v) is 6.07. The summed E-state index contributed by atoms with van der Waals surface area (Å²) in [7, 11) is 0. The third-order valence-electron chi connectivity index (χ3n) is 3.48. The molecule has 0 spiro atoms. The summed E-state index contributed by atoms with van der Waals surface area (Å²) < 4.78 is 0. The lowest BCUT2D eigenvalue weighted by atomic mass is 9.97. The Kier molecular flexibility index (Phi) is 3.60. The average molecular weight is 248 g/mol. The first kappa shape index (κ1) is 12.5. The zero-order valence-corrected chi connectivity index (χ0v) is 10.3. The van der Waals surface area contributed by atoms with E-state index in [4.69, 9.17) is 0 Å². The second-order valence-corrected chi connectivity index (χ2v) is 4.69. The molecule has 0 N–H and O–H groups in total. The standard InChI is InChI=1S/C13H16N2O3/c1-10-2-3-12(15(17)18)8-13(10)14-6-4-11(9-16)5-7-14/h2-3,8-9,11H,4-7H2,1H3. The van der Waals surface area contributed by atoms with E-state index in [1.54, 1.807) is 12.1 Å². The topological polar surface area (TPSA) is 63.5 Å². The summed E-state index contributed by atoms with van der Waals surface area (Å²) in [5, 5.41) is 10.8. The van der Waals surface area contributed by atoms with Crippen molar-refractivity contribution in [2.45, 2.75) is 19.8 Å². The lowest BCUT2D eigenvalue weighted by Gasteiger charge is -2.32. The Balaban J connectivity index is 2.20. The number of nitro groups is 1. The Morgan fingerprint density at radius 3 is 2.61 bits per heavy atom. The van der Waals surface area contributed by atoms with E-state index in [0.29, 0.717) is 0 Å². The summed E-state index contributed by atoms with van der Waals surface area (Å²) in [6.45, 7) is 3.52. The van der Waals surface area contributed by atoms with Gasteiger partial charge in [0.2, 0.25) is 0 Å². The van der Waals surface area contributed by atoms with E-state index in [-0.39, 0.29) is 16.5 Å². The maximum Gasteiger partial charge on any atom is 0.271 e. The molecule has 18 heavy (non-hydrogen) atoms. The molecule has 0 saturated carbocycles. The largest absolute Gasteiger partial charge is 0.371 e. The van der Waals surface area contributed by atoms with Crippen molar-refractivity contribution in [1.82, 2.24) is 0 Å². The number of aldehydes is 1. The van der Waals surface area contributed by atoms with Crippen molar-refractivity contribution >= 4 is 17.7 Å². The first-order valence-electron chi connectivity index (χ1n) is 6.07. The maximum atomic E-state index is 10.8. The summed E-state index contributed by atoms with van der Waals surface area (Å²) in [6, 6.07) is 4.92. The summed E-state index contributed by atoms with van der Waals surface area (Å²) in [5.41, 5.74) is 2.06. The van der Waals surface area contributed by atoms with Gasteiger partial charge in [-0.2, -0.15) is 0 Å². The third-order valence-corrected chi connectivity index (χ3v) is 3.48. The van der Waals surface area contributed by atoms with Crippen molar-refractivity contribution in [1.29, 1.82) is 0 Å². The number of carbonyl (C=O) groups is 1. The van der Waals surface area contributed by atoms with E-state index < -0.39 is 0 Å². The van der Waals surface area contributed by atoms with E-state index in [9.17, 15) is 14.9 Å². The van der Waals surface area contributed by atoms with Crippen molar-refractivity contribution < 1.29 is 9.72 Å². The van der Waals surface area contributed by atoms with Crippen molar-refractivity contribution in [3.63, 3.8) is 0 Å². The van der Waals surface area contributed by atoms with E-state index in [1.165, 1.54) is 6.07 Å². The molecular weight excluding hydrogens is 232 g/mol. The fraction of sp³-hybridized carbons (Fsp3) is 0.462. The van der Waals surface area contributed by atoms with Crippen molar-refractivity contribution in [2.24, 2.45) is 5.92 Å². The molecule has 1 saturated heterocycles. The lowest BCUT2D eigenvalue weighted by molar-refractivity contribution is -0.384. The molecule has 96 valence electrons. The second kappa shape index (κ2) is 5.16. The molecule has 1 heterocycles. The van der Waals surface area contributed by atoms with Crippen LogP contribution in [0.4, 0.5) is 11.4 Å². The number of hydrogen-bond acceptors (Lipinski definition) is 4. The Bertz CT molecular complexity index is 465. The van der Waals surface area contributed by atoms with Crippen LogP contribution in [0.1, 0.15) is 18.4 Å². The van der Waals surface area contributed by atoms with E-state index in [1.807, 2.05) is 6.92 Å². The number of rotatable bonds is 3. The van der Waals surface area contributed by atoms with Gasteiger partial charge in [0.25, 0.3) is 5.69 Å². The molecule has 0 radical (unpaired) electrons. The minimum Gasteiger partial charge on any atom is -0.371 e. The van der Waals surface area contributed by atoms with Gasteiger partial charge in [-0.25, -0.2) is 0 Å². The van der Waals surface area contributed by atoms with Gasteiger partial charge in [-0.05, 0) is 25.3 Å². The van der Waals surface area contributed by atoms with Crippen LogP contribution >= 0.6 is 0 Å². The number of nitrogens with zero attached hydrogens (tertiary/aromatic N) is 2. The van der Waals surface area contributed by atoms with Crippen LogP contribution in [0.15, 0.2) is 18.2 Å². The van der Waals surface area contributed by atoms with Gasteiger partial charge >= 0.3 is 0 Å². The summed E-state index contributed by atoms with van der Waals surface area (Å²) in [5.74, 6) is 0.139. The predicted molar refractivity (Wildman–Crippen MR) is 68.8 cm³/mol. The summed E-state index contributed by atoms with van der Waals surface area (Å²) in [6.07, 6.45) is 2.66. The number of nitro benzene ring substituents is 1. The number of benzene rings is 1. The molecule has 2 rings (SSSR count). The quantitative estimate of drug-likeness (QED) is 0.468. The molecule has 5 nitrogen and oxygen atoms in total. The molecule has 1 fully saturated rings. The predicted octanol–water partition coefficient (Wildman–Crippen LogP) is 2.32. The molecular formula is C13H16N2O3. The van der Waals surface area contributed by atoms with Gasteiger partial charge in [-0.15, -0.1) is 0 Å². The smallest absolute Gasteiger partial charge is 0.271 e. The number of hydrogen-bond donors (Lipinski definition) is 0. The monoisotopic (exact) mass is 248 g/mol. The summed E-state index contributed by atoms with van der Waals surface area (Å²) >= 11 is 0. The number of piperidine rings is 1. The number of carbonyl (C=O) groups excluding carboxylic acids is 1. The first-order chi connectivity index (χ1) is 8.61. The van der Waals surface area contributed by atoms with Crippen LogP contribution in [0.2, 0.25) is 0 Å². The van der Waals surface area contributed by atoms with Crippen LogP contribution < -0.4 is 4.90 Å². The van der Waals surface area contributed by atoms with Gasteiger partial charge in [-0.1, -0.05) is 6.07 Å².